The van der Waals surface area contributed by atoms with E-state index in [1.54, 1.807) is 0 Å². The van der Waals surface area contributed by atoms with Crippen molar-refractivity contribution < 1.29 is 4.84 Å². The van der Waals surface area contributed by atoms with Crippen molar-refractivity contribution in [3.63, 3.8) is 0 Å². The molecule has 1 heterocycles. The summed E-state index contributed by atoms with van der Waals surface area (Å²) < 4.78 is 0. The standard InChI is InChI=1S/C13H17NO/c1-11(2)13-9-6-10-14(15-13)12-7-4-3-5-8-12/h3-9,11,13H,10H2,1-2H3/t13-/m1/s1. The van der Waals surface area contributed by atoms with Crippen molar-refractivity contribution in [2.45, 2.75) is 20.0 Å². The second kappa shape index (κ2) is 4.49. The zero-order valence-corrected chi connectivity index (χ0v) is 9.26. The molecular weight excluding hydrogens is 186 g/mol. The molecule has 0 saturated carbocycles. The van der Waals surface area contributed by atoms with Crippen LogP contribution < -0.4 is 5.06 Å². The highest BCUT2D eigenvalue weighted by molar-refractivity contribution is 5.44. The average molecular weight is 203 g/mol. The van der Waals surface area contributed by atoms with Crippen molar-refractivity contribution in [2.24, 2.45) is 5.92 Å². The van der Waals surface area contributed by atoms with Crippen molar-refractivity contribution in [1.29, 1.82) is 0 Å². The second-order valence-corrected chi connectivity index (χ2v) is 4.14. The van der Waals surface area contributed by atoms with Crippen LogP contribution in [0.25, 0.3) is 0 Å². The Kier molecular flexibility index (Phi) is 3.07. The maximum atomic E-state index is 5.88. The van der Waals surface area contributed by atoms with Gasteiger partial charge in [0.15, 0.2) is 0 Å². The van der Waals surface area contributed by atoms with Gasteiger partial charge in [-0.1, -0.05) is 44.2 Å². The minimum Gasteiger partial charge on any atom is -0.265 e. The Balaban J connectivity index is 2.10. The molecule has 0 saturated heterocycles. The third-order valence-corrected chi connectivity index (χ3v) is 2.55. The van der Waals surface area contributed by atoms with E-state index >= 15 is 0 Å². The monoisotopic (exact) mass is 203 g/mol. The molecule has 1 aliphatic heterocycles. The normalized spacial score (nSPS) is 21.0. The molecule has 0 radical (unpaired) electrons. The van der Waals surface area contributed by atoms with Crippen LogP contribution in [0.5, 0.6) is 0 Å². The van der Waals surface area contributed by atoms with E-state index in [2.05, 4.69) is 38.1 Å². The molecule has 15 heavy (non-hydrogen) atoms. The van der Waals surface area contributed by atoms with Crippen LogP contribution in [0.15, 0.2) is 42.5 Å². The second-order valence-electron chi connectivity index (χ2n) is 4.14. The minimum absolute atomic E-state index is 0.193. The molecule has 80 valence electrons. The number of hydrogen-bond donors (Lipinski definition) is 0. The highest BCUT2D eigenvalue weighted by Crippen LogP contribution is 2.21. The maximum absolute atomic E-state index is 5.88. The van der Waals surface area contributed by atoms with Gasteiger partial charge < -0.3 is 0 Å². The highest BCUT2D eigenvalue weighted by Gasteiger charge is 2.19. The zero-order chi connectivity index (χ0) is 10.7. The van der Waals surface area contributed by atoms with E-state index in [1.807, 2.05) is 23.3 Å². The Morgan fingerprint density at radius 1 is 1.27 bits per heavy atom. The lowest BCUT2D eigenvalue weighted by Gasteiger charge is -2.31. The molecule has 0 amide bonds. The van der Waals surface area contributed by atoms with E-state index in [0.717, 1.165) is 12.2 Å². The summed E-state index contributed by atoms with van der Waals surface area (Å²) in [5.41, 5.74) is 1.12. The summed E-state index contributed by atoms with van der Waals surface area (Å²) >= 11 is 0. The van der Waals surface area contributed by atoms with Crippen LogP contribution in [0, 0.1) is 5.92 Å². The predicted molar refractivity (Wildman–Crippen MR) is 62.6 cm³/mol. The van der Waals surface area contributed by atoms with Crippen LogP contribution in [0.2, 0.25) is 0 Å². The first-order chi connectivity index (χ1) is 7.27. The van der Waals surface area contributed by atoms with Gasteiger partial charge in [0.2, 0.25) is 0 Å². The summed E-state index contributed by atoms with van der Waals surface area (Å²) in [6.45, 7) is 5.17. The van der Waals surface area contributed by atoms with Gasteiger partial charge in [-0.15, -0.1) is 0 Å². The summed E-state index contributed by atoms with van der Waals surface area (Å²) in [7, 11) is 0. The number of nitrogens with zero attached hydrogens (tertiary/aromatic N) is 1. The first kappa shape index (κ1) is 10.2. The maximum Gasteiger partial charge on any atom is 0.106 e. The van der Waals surface area contributed by atoms with E-state index < -0.39 is 0 Å². The summed E-state index contributed by atoms with van der Waals surface area (Å²) in [6.07, 6.45) is 4.50. The number of hydrogen-bond acceptors (Lipinski definition) is 2. The summed E-state index contributed by atoms with van der Waals surface area (Å²) in [6, 6.07) is 10.2. The quantitative estimate of drug-likeness (QED) is 0.685. The van der Waals surface area contributed by atoms with E-state index in [9.17, 15) is 0 Å². The molecule has 1 atom stereocenters. The van der Waals surface area contributed by atoms with Crippen molar-refractivity contribution in [1.82, 2.24) is 0 Å². The first-order valence-electron chi connectivity index (χ1n) is 5.43. The van der Waals surface area contributed by atoms with Gasteiger partial charge in [0, 0.05) is 0 Å². The van der Waals surface area contributed by atoms with Crippen LogP contribution in [0.1, 0.15) is 13.8 Å². The molecule has 0 fully saturated rings. The molecule has 2 nitrogen and oxygen atoms in total. The lowest BCUT2D eigenvalue weighted by molar-refractivity contribution is 0.0314. The lowest BCUT2D eigenvalue weighted by Crippen LogP contribution is -2.35. The molecule has 0 N–H and O–H groups in total. The zero-order valence-electron chi connectivity index (χ0n) is 9.26. The molecule has 1 aromatic rings. The van der Waals surface area contributed by atoms with Gasteiger partial charge in [-0.05, 0) is 18.1 Å². The van der Waals surface area contributed by atoms with Crippen LogP contribution in [-0.4, -0.2) is 12.6 Å². The Morgan fingerprint density at radius 2 is 2.00 bits per heavy atom. The van der Waals surface area contributed by atoms with Crippen molar-refractivity contribution in [3.8, 4) is 0 Å². The summed E-state index contributed by atoms with van der Waals surface area (Å²) in [5.74, 6) is 0.507. The number of para-hydroxylation sites is 1. The molecule has 2 heteroatoms. The highest BCUT2D eigenvalue weighted by atomic mass is 16.7. The Hall–Kier alpha value is -1.28. The number of hydroxylamine groups is 1. The molecule has 2 rings (SSSR count). The van der Waals surface area contributed by atoms with E-state index in [1.165, 1.54) is 0 Å². The smallest absolute Gasteiger partial charge is 0.106 e. The number of anilines is 1. The number of benzene rings is 1. The SMILES string of the molecule is CC(C)[C@H]1C=CCN(c2ccccc2)O1. The van der Waals surface area contributed by atoms with Crippen LogP contribution in [0.4, 0.5) is 5.69 Å². The van der Waals surface area contributed by atoms with Crippen LogP contribution >= 0.6 is 0 Å². The van der Waals surface area contributed by atoms with Gasteiger partial charge in [0.1, 0.15) is 6.10 Å². The molecule has 1 aromatic carbocycles. The fourth-order valence-corrected chi connectivity index (χ4v) is 1.62. The van der Waals surface area contributed by atoms with Gasteiger partial charge in [-0.25, -0.2) is 5.06 Å². The Bertz CT molecular complexity index is 332. The average Bonchev–Trinajstić information content (AvgIpc) is 2.30. The molecule has 0 spiro atoms. The van der Waals surface area contributed by atoms with Gasteiger partial charge in [-0.3, -0.25) is 4.84 Å². The van der Waals surface area contributed by atoms with Gasteiger partial charge >= 0.3 is 0 Å². The molecule has 0 bridgehead atoms. The summed E-state index contributed by atoms with van der Waals surface area (Å²) in [5, 5.41) is 1.95. The Morgan fingerprint density at radius 3 is 2.67 bits per heavy atom. The van der Waals surface area contributed by atoms with Crippen LogP contribution in [0.3, 0.4) is 0 Å². The fourth-order valence-electron chi connectivity index (χ4n) is 1.62. The third-order valence-electron chi connectivity index (χ3n) is 2.55. The largest absolute Gasteiger partial charge is 0.265 e. The van der Waals surface area contributed by atoms with E-state index in [4.69, 9.17) is 4.84 Å². The van der Waals surface area contributed by atoms with Gasteiger partial charge in [-0.2, -0.15) is 0 Å². The van der Waals surface area contributed by atoms with E-state index in [-0.39, 0.29) is 6.10 Å². The molecule has 0 unspecified atom stereocenters. The third kappa shape index (κ3) is 2.39. The predicted octanol–water partition coefficient (Wildman–Crippen LogP) is 3.02. The Labute approximate surface area is 91.1 Å². The molecular formula is C13H17NO. The van der Waals surface area contributed by atoms with Crippen molar-refractivity contribution in [2.75, 3.05) is 11.6 Å². The lowest BCUT2D eigenvalue weighted by atomic mass is 10.1. The van der Waals surface area contributed by atoms with E-state index in [0.29, 0.717) is 5.92 Å². The van der Waals surface area contributed by atoms with Gasteiger partial charge in [0.25, 0.3) is 0 Å². The molecule has 0 aromatic heterocycles. The molecule has 0 aliphatic carbocycles. The molecule has 1 aliphatic rings. The number of rotatable bonds is 2. The van der Waals surface area contributed by atoms with Crippen LogP contribution in [-0.2, 0) is 4.84 Å². The first-order valence-corrected chi connectivity index (χ1v) is 5.43. The van der Waals surface area contributed by atoms with Crippen molar-refractivity contribution in [3.05, 3.63) is 42.5 Å². The minimum atomic E-state index is 0.193. The van der Waals surface area contributed by atoms with Gasteiger partial charge in [0.05, 0.1) is 12.2 Å². The fraction of sp³-hybridized carbons (Fsp3) is 0.385. The van der Waals surface area contributed by atoms with Crippen molar-refractivity contribution >= 4 is 5.69 Å². The topological polar surface area (TPSA) is 12.5 Å². The summed E-state index contributed by atoms with van der Waals surface area (Å²) in [4.78, 5) is 5.88.